The van der Waals surface area contributed by atoms with Crippen LogP contribution in [0.3, 0.4) is 0 Å². The lowest BCUT2D eigenvalue weighted by Crippen LogP contribution is -2.31. The van der Waals surface area contributed by atoms with Crippen molar-refractivity contribution in [1.29, 1.82) is 0 Å². The van der Waals surface area contributed by atoms with E-state index in [1.54, 1.807) is 23.5 Å². The van der Waals surface area contributed by atoms with E-state index in [4.69, 9.17) is 0 Å². The number of halogens is 2. The first kappa shape index (κ1) is 15.5. The van der Waals surface area contributed by atoms with Crippen LogP contribution in [0.15, 0.2) is 40.2 Å². The van der Waals surface area contributed by atoms with Crippen molar-refractivity contribution in [2.24, 2.45) is 0 Å². The van der Waals surface area contributed by atoms with Crippen molar-refractivity contribution in [3.05, 3.63) is 50.9 Å². The molecule has 0 spiro atoms. The zero-order valence-electron chi connectivity index (χ0n) is 11.4. The highest BCUT2D eigenvalue weighted by atomic mass is 79.9. The van der Waals surface area contributed by atoms with Crippen molar-refractivity contribution < 1.29 is 4.39 Å². The third kappa shape index (κ3) is 4.58. The number of nitrogens with one attached hydrogen (secondary N) is 1. The lowest BCUT2D eigenvalue weighted by molar-refractivity contribution is 0.624. The normalized spacial score (nSPS) is 10.8. The Morgan fingerprint density at radius 3 is 2.85 bits per heavy atom. The number of hydrogen-bond donors (Lipinski definition) is 1. The monoisotopic (exact) mass is 356 g/mol. The Balaban J connectivity index is 1.79. The van der Waals surface area contributed by atoms with E-state index in [0.717, 1.165) is 36.3 Å². The van der Waals surface area contributed by atoms with Crippen molar-refractivity contribution in [1.82, 2.24) is 5.32 Å². The molecule has 2 rings (SSSR count). The number of thiophene rings is 1. The summed E-state index contributed by atoms with van der Waals surface area (Å²) >= 11 is 5.19. The van der Waals surface area contributed by atoms with Crippen molar-refractivity contribution in [3.8, 4) is 0 Å². The van der Waals surface area contributed by atoms with E-state index in [1.807, 2.05) is 6.07 Å². The summed E-state index contributed by atoms with van der Waals surface area (Å²) in [6.07, 6.45) is 0. The van der Waals surface area contributed by atoms with Crippen LogP contribution in [0.4, 0.5) is 10.1 Å². The molecule has 0 fully saturated rings. The van der Waals surface area contributed by atoms with E-state index in [0.29, 0.717) is 0 Å². The number of benzene rings is 1. The highest BCUT2D eigenvalue weighted by Crippen LogP contribution is 2.19. The topological polar surface area (TPSA) is 15.3 Å². The van der Waals surface area contributed by atoms with Crippen LogP contribution in [0.25, 0.3) is 0 Å². The van der Waals surface area contributed by atoms with Crippen LogP contribution in [0.1, 0.15) is 11.8 Å². The molecule has 2 nitrogen and oxygen atoms in total. The summed E-state index contributed by atoms with van der Waals surface area (Å²) in [5.74, 6) is -0.183. The molecule has 0 atom stereocenters. The van der Waals surface area contributed by atoms with Crippen molar-refractivity contribution in [2.45, 2.75) is 13.5 Å². The smallest absolute Gasteiger partial charge is 0.125 e. The second-order valence-electron chi connectivity index (χ2n) is 4.47. The van der Waals surface area contributed by atoms with Crippen LogP contribution in [0.2, 0.25) is 0 Å². The Morgan fingerprint density at radius 2 is 2.20 bits per heavy atom. The minimum atomic E-state index is -0.183. The van der Waals surface area contributed by atoms with Gasteiger partial charge in [-0.25, -0.2) is 4.39 Å². The summed E-state index contributed by atoms with van der Waals surface area (Å²) in [6, 6.07) is 8.89. The van der Waals surface area contributed by atoms with E-state index >= 15 is 0 Å². The van der Waals surface area contributed by atoms with Crippen LogP contribution in [-0.2, 0) is 6.54 Å². The number of likely N-dealkylation sites (N-methyl/N-ethyl adjacent to an activating group) is 1. The molecule has 1 N–H and O–H groups in total. The van der Waals surface area contributed by atoms with Crippen LogP contribution in [-0.4, -0.2) is 19.6 Å². The predicted octanol–water partition coefficient (Wildman–Crippen LogP) is 4.27. The zero-order valence-corrected chi connectivity index (χ0v) is 13.8. The average molecular weight is 357 g/mol. The molecule has 5 heteroatoms. The third-order valence-corrected chi connectivity index (χ3v) is 4.73. The maximum absolute atomic E-state index is 13.2. The van der Waals surface area contributed by atoms with E-state index < -0.39 is 0 Å². The highest BCUT2D eigenvalue weighted by Gasteiger charge is 2.05. The Morgan fingerprint density at radius 1 is 1.35 bits per heavy atom. The SMILES string of the molecule is CCN(CCNCc1cc(Br)cs1)c1cccc(F)c1. The van der Waals surface area contributed by atoms with Gasteiger partial charge in [0.25, 0.3) is 0 Å². The van der Waals surface area contributed by atoms with Crippen LogP contribution >= 0.6 is 27.3 Å². The summed E-state index contributed by atoms with van der Waals surface area (Å²) < 4.78 is 14.4. The third-order valence-electron chi connectivity index (χ3n) is 3.03. The maximum Gasteiger partial charge on any atom is 0.125 e. The number of anilines is 1. The molecule has 0 aliphatic carbocycles. The fraction of sp³-hybridized carbons (Fsp3) is 0.333. The first-order valence-electron chi connectivity index (χ1n) is 6.63. The predicted molar refractivity (Wildman–Crippen MR) is 88.0 cm³/mol. The van der Waals surface area contributed by atoms with Gasteiger partial charge in [-0.3, -0.25) is 0 Å². The molecule has 1 aromatic heterocycles. The molecule has 1 aromatic carbocycles. The van der Waals surface area contributed by atoms with E-state index in [2.05, 4.69) is 44.5 Å². The molecule has 0 radical (unpaired) electrons. The Labute approximate surface area is 131 Å². The number of nitrogens with zero attached hydrogens (tertiary/aromatic N) is 1. The van der Waals surface area contributed by atoms with Gasteiger partial charge in [-0.15, -0.1) is 11.3 Å². The van der Waals surface area contributed by atoms with Gasteiger partial charge in [-0.1, -0.05) is 6.07 Å². The van der Waals surface area contributed by atoms with Gasteiger partial charge in [0.05, 0.1) is 0 Å². The Kier molecular flexibility index (Phi) is 6.01. The van der Waals surface area contributed by atoms with E-state index in [9.17, 15) is 4.39 Å². The molecule has 0 unspecified atom stereocenters. The van der Waals surface area contributed by atoms with Crippen molar-refractivity contribution >= 4 is 33.0 Å². The lowest BCUT2D eigenvalue weighted by Gasteiger charge is -2.23. The molecule has 0 aliphatic heterocycles. The summed E-state index contributed by atoms with van der Waals surface area (Å²) in [5.41, 5.74) is 0.938. The molecular formula is C15H18BrFN2S. The first-order chi connectivity index (χ1) is 9.69. The molecule has 20 heavy (non-hydrogen) atoms. The van der Waals surface area contributed by atoms with Gasteiger partial charge in [0.1, 0.15) is 5.82 Å². The minimum Gasteiger partial charge on any atom is -0.370 e. The van der Waals surface area contributed by atoms with Crippen molar-refractivity contribution in [2.75, 3.05) is 24.5 Å². The van der Waals surface area contributed by atoms with Gasteiger partial charge < -0.3 is 10.2 Å². The van der Waals surface area contributed by atoms with Crippen LogP contribution in [0, 0.1) is 5.82 Å². The molecule has 108 valence electrons. The van der Waals surface area contributed by atoms with Gasteiger partial charge in [-0.2, -0.15) is 0 Å². The molecule has 1 heterocycles. The summed E-state index contributed by atoms with van der Waals surface area (Å²) in [4.78, 5) is 3.48. The lowest BCUT2D eigenvalue weighted by atomic mass is 10.2. The van der Waals surface area contributed by atoms with Crippen molar-refractivity contribution in [3.63, 3.8) is 0 Å². The molecule has 0 amide bonds. The second-order valence-corrected chi connectivity index (χ2v) is 6.38. The fourth-order valence-corrected chi connectivity index (χ4v) is 3.44. The summed E-state index contributed by atoms with van der Waals surface area (Å²) in [6.45, 7) is 5.57. The molecule has 0 bridgehead atoms. The molecular weight excluding hydrogens is 339 g/mol. The minimum absolute atomic E-state index is 0.183. The van der Waals surface area contributed by atoms with Gasteiger partial charge in [0, 0.05) is 46.6 Å². The van der Waals surface area contributed by atoms with E-state index in [1.165, 1.54) is 10.9 Å². The fourth-order valence-electron chi connectivity index (χ4n) is 2.01. The average Bonchev–Trinajstić information content (AvgIpc) is 2.84. The zero-order chi connectivity index (χ0) is 14.4. The van der Waals surface area contributed by atoms with Crippen LogP contribution < -0.4 is 10.2 Å². The largest absolute Gasteiger partial charge is 0.370 e. The van der Waals surface area contributed by atoms with Gasteiger partial charge in [-0.05, 0) is 47.1 Å². The van der Waals surface area contributed by atoms with Gasteiger partial charge >= 0.3 is 0 Å². The van der Waals surface area contributed by atoms with Gasteiger partial charge in [0.15, 0.2) is 0 Å². The maximum atomic E-state index is 13.2. The standard InChI is InChI=1S/C15H18BrFN2S/c1-2-19(14-5-3-4-13(17)9-14)7-6-18-10-15-8-12(16)11-20-15/h3-5,8-9,11,18H,2,6-7,10H2,1H3. The highest BCUT2D eigenvalue weighted by molar-refractivity contribution is 9.10. The first-order valence-corrected chi connectivity index (χ1v) is 8.30. The number of hydrogen-bond acceptors (Lipinski definition) is 3. The van der Waals surface area contributed by atoms with Crippen LogP contribution in [0.5, 0.6) is 0 Å². The second kappa shape index (κ2) is 7.76. The van der Waals surface area contributed by atoms with Gasteiger partial charge in [0.2, 0.25) is 0 Å². The molecule has 0 saturated carbocycles. The molecule has 0 aliphatic rings. The summed E-state index contributed by atoms with van der Waals surface area (Å²) in [7, 11) is 0. The van der Waals surface area contributed by atoms with E-state index in [-0.39, 0.29) is 5.82 Å². The Hall–Kier alpha value is -0.910. The summed E-state index contributed by atoms with van der Waals surface area (Å²) in [5, 5.41) is 5.50. The molecule has 2 aromatic rings. The quantitative estimate of drug-likeness (QED) is 0.745. The Bertz CT molecular complexity index is 544. The number of rotatable bonds is 7. The molecule has 0 saturated heterocycles.